The van der Waals surface area contributed by atoms with Crippen LogP contribution in [0.5, 0.6) is 0 Å². The van der Waals surface area contributed by atoms with E-state index < -0.39 is 5.69 Å². The molecule has 0 spiro atoms. The first-order valence-electron chi connectivity index (χ1n) is 8.77. The smallest absolute Gasteiger partial charge is 0.198 e. The molecule has 0 aliphatic rings. The molecule has 0 aliphatic carbocycles. The van der Waals surface area contributed by atoms with Crippen molar-refractivity contribution in [3.8, 4) is 0 Å². The summed E-state index contributed by atoms with van der Waals surface area (Å²) in [6.07, 6.45) is 15.2. The second-order valence-corrected chi connectivity index (χ2v) is 14.2. The van der Waals surface area contributed by atoms with Crippen molar-refractivity contribution in [1.82, 2.24) is 0 Å². The van der Waals surface area contributed by atoms with Gasteiger partial charge in [-0.15, -0.1) is 10.1 Å². The van der Waals surface area contributed by atoms with Crippen LogP contribution in [0.4, 0.5) is 0 Å². The molecule has 0 aromatic rings. The Balaban J connectivity index is 0. The van der Waals surface area contributed by atoms with Crippen LogP contribution in [0, 0.1) is 0 Å². The molecule has 140 valence electrons. The van der Waals surface area contributed by atoms with Gasteiger partial charge >= 0.3 is 0 Å². The fraction of sp³-hybridized carbons (Fsp3) is 1.00. The molecule has 0 heterocycles. The van der Waals surface area contributed by atoms with Gasteiger partial charge in [0.05, 0.1) is 0 Å². The molecule has 0 saturated carbocycles. The monoisotopic (exact) mass is 414 g/mol. The first-order chi connectivity index (χ1) is 10.0. The maximum Gasteiger partial charge on any atom is 0.198 e. The Kier molecular flexibility index (Phi) is 20.4. The van der Waals surface area contributed by atoms with E-state index in [0.717, 1.165) is 24.3 Å². The van der Waals surface area contributed by atoms with Gasteiger partial charge in [-0.3, -0.25) is 0 Å². The predicted molar refractivity (Wildman–Crippen MR) is 104 cm³/mol. The van der Waals surface area contributed by atoms with Gasteiger partial charge in [0.1, 0.15) is 0 Å². The van der Waals surface area contributed by atoms with Gasteiger partial charge in [-0.05, 0) is 24.3 Å². The molecule has 0 unspecified atom stereocenters. The Hall–Kier alpha value is 1.54. The van der Waals surface area contributed by atoms with Crippen molar-refractivity contribution in [2.75, 3.05) is 11.5 Å². The number of rotatable bonds is 14. The average molecular weight is 415 g/mol. The quantitative estimate of drug-likeness (QED) is 0.143. The van der Waals surface area contributed by atoms with Gasteiger partial charge in [-0.2, -0.15) is 0 Å². The van der Waals surface area contributed by atoms with Crippen LogP contribution < -0.4 is 0 Å². The maximum absolute atomic E-state index is 9.90. The SMILES string of the molecule is CCCCCCCCS(CCCCCCCC)=P(O)(O)S.[Ni]. The van der Waals surface area contributed by atoms with E-state index in [4.69, 9.17) is 0 Å². The molecule has 2 nitrogen and oxygen atoms in total. The first kappa shape index (κ1) is 25.8. The van der Waals surface area contributed by atoms with Crippen LogP contribution in [0.15, 0.2) is 0 Å². The van der Waals surface area contributed by atoms with Crippen LogP contribution in [0.25, 0.3) is 0 Å². The Morgan fingerprint density at radius 2 is 1.00 bits per heavy atom. The summed E-state index contributed by atoms with van der Waals surface area (Å²) in [6.45, 7) is 4.46. The van der Waals surface area contributed by atoms with Crippen LogP contribution in [0.3, 0.4) is 0 Å². The Bertz CT molecular complexity index is 270. The van der Waals surface area contributed by atoms with Gasteiger partial charge in [-0.1, -0.05) is 90.3 Å². The number of thiol groups is 1. The third-order valence-corrected chi connectivity index (χ3v) is 11.3. The second-order valence-electron chi connectivity index (χ2n) is 5.92. The molecule has 6 heteroatoms. The molecule has 22 heavy (non-hydrogen) atoms. The summed E-state index contributed by atoms with van der Waals surface area (Å²) in [5.74, 6) is 1.93. The predicted octanol–water partition coefficient (Wildman–Crippen LogP) is 5.92. The minimum Gasteiger partial charge on any atom is -0.341 e. The molecular formula is C16H37NiO2PS2. The summed E-state index contributed by atoms with van der Waals surface area (Å²) in [5, 5.41) is 0. The van der Waals surface area contributed by atoms with Gasteiger partial charge in [0.25, 0.3) is 0 Å². The summed E-state index contributed by atoms with van der Waals surface area (Å²) in [6, 6.07) is 0. The van der Waals surface area contributed by atoms with E-state index in [2.05, 4.69) is 26.1 Å². The average Bonchev–Trinajstić information content (AvgIpc) is 2.42. The number of hydrogen-bond donors (Lipinski definition) is 3. The van der Waals surface area contributed by atoms with Gasteiger partial charge in [0.2, 0.25) is 0 Å². The van der Waals surface area contributed by atoms with Crippen LogP contribution in [0.1, 0.15) is 90.9 Å². The summed E-state index contributed by atoms with van der Waals surface area (Å²) in [5.41, 5.74) is -2.93. The summed E-state index contributed by atoms with van der Waals surface area (Å²) >= 11 is 4.10. The number of unbranched alkanes of at least 4 members (excludes halogenated alkanes) is 10. The van der Waals surface area contributed by atoms with Crippen LogP contribution >= 0.6 is 17.9 Å². The number of hydrogen-bond acceptors (Lipinski definition) is 0. The van der Waals surface area contributed by atoms with E-state index in [1.165, 1.54) is 64.2 Å². The molecule has 0 saturated heterocycles. The van der Waals surface area contributed by atoms with Crippen molar-refractivity contribution in [2.45, 2.75) is 90.9 Å². The summed E-state index contributed by atoms with van der Waals surface area (Å²) < 4.78 is 0. The zero-order valence-electron chi connectivity index (χ0n) is 14.4. The fourth-order valence-corrected chi connectivity index (χ4v) is 7.93. The molecular weight excluding hydrogens is 378 g/mol. The minimum atomic E-state index is -2.93. The fourth-order valence-electron chi connectivity index (χ4n) is 2.45. The van der Waals surface area contributed by atoms with Crippen molar-refractivity contribution < 1.29 is 26.3 Å². The standard InChI is InChI=1S/C16H37O2PS2.Ni/c1-3-5-7-9-11-13-15-21(19(17,18)20)16-14-12-10-8-6-4-2;/h17-18,20H,3-16H2,1-2H3;. The Labute approximate surface area is 156 Å². The molecule has 2 N–H and O–H groups in total. The molecule has 0 aliphatic heterocycles. The molecule has 0 aromatic heterocycles. The first-order valence-corrected chi connectivity index (χ1v) is 13.8. The van der Waals surface area contributed by atoms with E-state index >= 15 is 0 Å². The molecule has 0 radical (unpaired) electrons. The molecule has 0 rings (SSSR count). The van der Waals surface area contributed by atoms with E-state index in [1.807, 2.05) is 0 Å². The zero-order valence-corrected chi connectivity index (χ0v) is 18.0. The van der Waals surface area contributed by atoms with Gasteiger partial charge in [0.15, 0.2) is 5.69 Å². The molecule has 0 bridgehead atoms. The Morgan fingerprint density at radius 1 is 0.682 bits per heavy atom. The van der Waals surface area contributed by atoms with Crippen LogP contribution in [0.2, 0.25) is 0 Å². The van der Waals surface area contributed by atoms with Crippen LogP contribution in [-0.4, -0.2) is 21.3 Å². The third kappa shape index (κ3) is 16.4. The van der Waals surface area contributed by atoms with Gasteiger partial charge in [0, 0.05) is 16.5 Å². The van der Waals surface area contributed by atoms with Crippen molar-refractivity contribution in [1.29, 1.82) is 0 Å². The van der Waals surface area contributed by atoms with Gasteiger partial charge in [-0.25, -0.2) is 0 Å². The van der Waals surface area contributed by atoms with E-state index in [1.54, 1.807) is 0 Å². The van der Waals surface area contributed by atoms with Gasteiger partial charge < -0.3 is 9.79 Å². The molecule has 0 amide bonds. The minimum absolute atomic E-state index is 0. The van der Waals surface area contributed by atoms with Crippen molar-refractivity contribution in [3.05, 3.63) is 0 Å². The van der Waals surface area contributed by atoms with Crippen LogP contribution in [-0.2, 0) is 26.6 Å². The summed E-state index contributed by atoms with van der Waals surface area (Å²) in [4.78, 5) is 19.8. The topological polar surface area (TPSA) is 40.5 Å². The molecule has 0 atom stereocenters. The normalized spacial score (nSPS) is 11.7. The van der Waals surface area contributed by atoms with E-state index in [9.17, 15) is 9.79 Å². The van der Waals surface area contributed by atoms with Crippen molar-refractivity contribution >= 4 is 28.0 Å². The van der Waals surface area contributed by atoms with Crippen molar-refractivity contribution in [3.63, 3.8) is 0 Å². The largest absolute Gasteiger partial charge is 0.341 e. The van der Waals surface area contributed by atoms with E-state index in [-0.39, 0.29) is 26.6 Å². The van der Waals surface area contributed by atoms with E-state index in [0.29, 0.717) is 0 Å². The molecule has 0 fully saturated rings. The van der Waals surface area contributed by atoms with Crippen molar-refractivity contribution in [2.24, 2.45) is 0 Å². The zero-order chi connectivity index (χ0) is 16.0. The summed E-state index contributed by atoms with van der Waals surface area (Å²) in [7, 11) is -0.270. The molecule has 0 aromatic carbocycles. The third-order valence-electron chi connectivity index (χ3n) is 3.81. The Morgan fingerprint density at radius 3 is 1.32 bits per heavy atom. The second kappa shape index (κ2) is 17.4. The maximum atomic E-state index is 9.90.